The molecule has 0 fully saturated rings. The summed E-state index contributed by atoms with van der Waals surface area (Å²) < 4.78 is 0. The van der Waals surface area contributed by atoms with Crippen molar-refractivity contribution in [2.75, 3.05) is 0 Å². The van der Waals surface area contributed by atoms with Crippen LogP contribution in [0.15, 0.2) is 35.2 Å². The van der Waals surface area contributed by atoms with Crippen molar-refractivity contribution in [2.24, 2.45) is 0 Å². The molecule has 0 heterocycles. The minimum atomic E-state index is -1.34. The lowest BCUT2D eigenvalue weighted by atomic mass is 10.1. The molecule has 128 valence electrons. The second kappa shape index (κ2) is 11.0. The van der Waals surface area contributed by atoms with Gasteiger partial charge in [0.1, 0.15) is 8.07 Å². The molecular formula is C20H32OSSi. The molecule has 0 aliphatic carbocycles. The van der Waals surface area contributed by atoms with E-state index in [0.29, 0.717) is 0 Å². The molecular weight excluding hydrogens is 316 g/mol. The molecule has 1 aromatic rings. The highest BCUT2D eigenvalue weighted by Gasteiger charge is 2.19. The van der Waals surface area contributed by atoms with Crippen molar-refractivity contribution in [3.8, 4) is 11.5 Å². The third-order valence-corrected chi connectivity index (χ3v) is 5.83. The van der Waals surface area contributed by atoms with Gasteiger partial charge in [0.15, 0.2) is 0 Å². The summed E-state index contributed by atoms with van der Waals surface area (Å²) in [7, 11) is -1.34. The van der Waals surface area contributed by atoms with E-state index < -0.39 is 8.07 Å². The fourth-order valence-electron chi connectivity index (χ4n) is 2.31. The zero-order chi connectivity index (χ0) is 17.1. The van der Waals surface area contributed by atoms with Gasteiger partial charge in [-0.05, 0) is 18.6 Å². The third kappa shape index (κ3) is 9.91. The summed E-state index contributed by atoms with van der Waals surface area (Å²) in [5.41, 5.74) is 3.43. The smallest absolute Gasteiger partial charge is 0.129 e. The van der Waals surface area contributed by atoms with Gasteiger partial charge in [-0.25, -0.2) is 0 Å². The average molecular weight is 349 g/mol. The molecule has 0 bridgehead atoms. The van der Waals surface area contributed by atoms with E-state index in [2.05, 4.69) is 62.3 Å². The molecule has 0 amide bonds. The molecule has 0 spiro atoms. The third-order valence-electron chi connectivity index (χ3n) is 3.58. The highest BCUT2D eigenvalue weighted by molar-refractivity contribution is 8.00. The van der Waals surface area contributed by atoms with Gasteiger partial charge in [-0.15, -0.1) is 23.2 Å². The normalized spacial score (nSPS) is 14.0. The zero-order valence-electron chi connectivity index (χ0n) is 15.1. The molecule has 23 heavy (non-hydrogen) atoms. The Morgan fingerprint density at radius 1 is 1.09 bits per heavy atom. The van der Waals surface area contributed by atoms with Gasteiger partial charge < -0.3 is 5.11 Å². The number of hydrogen-bond donors (Lipinski definition) is 1. The standard InChI is InChI=1S/C20H32OSSi/c1-5-6-7-11-15-19(21)20(16-12-17-23(2,3)4)22-18-13-9-8-10-14-18/h8-10,13-14,19-21H,5-7,11,15-16H2,1-4H3/t19-,20+/m0/s1. The van der Waals surface area contributed by atoms with E-state index in [9.17, 15) is 5.11 Å². The summed E-state index contributed by atoms with van der Waals surface area (Å²) in [6, 6.07) is 10.4. The summed E-state index contributed by atoms with van der Waals surface area (Å²) >= 11 is 1.77. The zero-order valence-corrected chi connectivity index (χ0v) is 17.0. The predicted octanol–water partition coefficient (Wildman–Crippen LogP) is 5.75. The van der Waals surface area contributed by atoms with Gasteiger partial charge in [0.25, 0.3) is 0 Å². The molecule has 0 saturated carbocycles. The van der Waals surface area contributed by atoms with Gasteiger partial charge in [-0.2, -0.15) is 0 Å². The Morgan fingerprint density at radius 2 is 1.78 bits per heavy atom. The highest BCUT2D eigenvalue weighted by Crippen LogP contribution is 2.29. The fraction of sp³-hybridized carbons (Fsp3) is 0.600. The van der Waals surface area contributed by atoms with Crippen LogP contribution in [-0.2, 0) is 0 Å². The average Bonchev–Trinajstić information content (AvgIpc) is 2.50. The van der Waals surface area contributed by atoms with Crippen LogP contribution in [-0.4, -0.2) is 24.5 Å². The van der Waals surface area contributed by atoms with Gasteiger partial charge in [0, 0.05) is 16.6 Å². The maximum Gasteiger partial charge on any atom is 0.129 e. The van der Waals surface area contributed by atoms with E-state index >= 15 is 0 Å². The van der Waals surface area contributed by atoms with Crippen LogP contribution in [0.2, 0.25) is 19.6 Å². The molecule has 0 unspecified atom stereocenters. The number of aliphatic hydroxyl groups excluding tert-OH is 1. The van der Waals surface area contributed by atoms with Crippen molar-refractivity contribution in [3.05, 3.63) is 30.3 Å². The molecule has 0 saturated heterocycles. The number of benzene rings is 1. The predicted molar refractivity (Wildman–Crippen MR) is 107 cm³/mol. The first-order valence-electron chi connectivity index (χ1n) is 8.82. The summed E-state index contributed by atoms with van der Waals surface area (Å²) in [6.07, 6.45) is 6.23. The minimum Gasteiger partial charge on any atom is -0.392 e. The Bertz CT molecular complexity index is 484. The van der Waals surface area contributed by atoms with E-state index in [1.807, 2.05) is 6.07 Å². The van der Waals surface area contributed by atoms with E-state index in [0.717, 1.165) is 19.3 Å². The van der Waals surface area contributed by atoms with Gasteiger partial charge in [0.2, 0.25) is 0 Å². The van der Waals surface area contributed by atoms with Crippen LogP contribution in [0.4, 0.5) is 0 Å². The van der Waals surface area contributed by atoms with Crippen LogP contribution in [0.25, 0.3) is 0 Å². The molecule has 0 radical (unpaired) electrons. The Labute approximate surface area is 148 Å². The first-order chi connectivity index (χ1) is 10.9. The lowest BCUT2D eigenvalue weighted by Gasteiger charge is -2.21. The molecule has 1 aromatic carbocycles. The van der Waals surface area contributed by atoms with Crippen molar-refractivity contribution < 1.29 is 5.11 Å². The number of hydrogen-bond acceptors (Lipinski definition) is 2. The highest BCUT2D eigenvalue weighted by atomic mass is 32.2. The molecule has 2 atom stereocenters. The van der Waals surface area contributed by atoms with Crippen LogP contribution in [0.1, 0.15) is 45.4 Å². The lowest BCUT2D eigenvalue weighted by molar-refractivity contribution is 0.158. The molecule has 1 N–H and O–H groups in total. The summed E-state index contributed by atoms with van der Waals surface area (Å²) in [6.45, 7) is 9.01. The topological polar surface area (TPSA) is 20.2 Å². The summed E-state index contributed by atoms with van der Waals surface area (Å²) in [5, 5.41) is 10.8. The monoisotopic (exact) mass is 348 g/mol. The molecule has 0 aliphatic heterocycles. The Morgan fingerprint density at radius 3 is 2.39 bits per heavy atom. The number of aliphatic hydroxyl groups is 1. The second-order valence-electron chi connectivity index (χ2n) is 7.14. The van der Waals surface area contributed by atoms with Crippen molar-refractivity contribution >= 4 is 19.8 Å². The maximum absolute atomic E-state index is 10.6. The molecule has 0 aliphatic rings. The Balaban J connectivity index is 2.64. The maximum atomic E-state index is 10.6. The molecule has 1 nitrogen and oxygen atoms in total. The fourth-order valence-corrected chi connectivity index (χ4v) is 4.07. The van der Waals surface area contributed by atoms with Crippen LogP contribution >= 0.6 is 11.8 Å². The van der Waals surface area contributed by atoms with Crippen LogP contribution in [0, 0.1) is 11.5 Å². The summed E-state index contributed by atoms with van der Waals surface area (Å²) in [5.74, 6) is 3.36. The van der Waals surface area contributed by atoms with Crippen LogP contribution in [0.3, 0.4) is 0 Å². The van der Waals surface area contributed by atoms with Gasteiger partial charge in [-0.1, -0.05) is 70.4 Å². The minimum absolute atomic E-state index is 0.169. The van der Waals surface area contributed by atoms with Crippen LogP contribution < -0.4 is 0 Å². The van der Waals surface area contributed by atoms with Gasteiger partial charge >= 0.3 is 0 Å². The van der Waals surface area contributed by atoms with Gasteiger partial charge in [-0.3, -0.25) is 0 Å². The summed E-state index contributed by atoms with van der Waals surface area (Å²) in [4.78, 5) is 1.22. The SMILES string of the molecule is CCCCCC[C@H](O)[C@@H](CC#C[Si](C)(C)C)Sc1ccccc1. The van der Waals surface area contributed by atoms with Crippen LogP contribution in [0.5, 0.6) is 0 Å². The quantitative estimate of drug-likeness (QED) is 0.265. The lowest BCUT2D eigenvalue weighted by Crippen LogP contribution is -2.23. The van der Waals surface area contributed by atoms with Crippen molar-refractivity contribution in [3.63, 3.8) is 0 Å². The Kier molecular flexibility index (Phi) is 9.70. The van der Waals surface area contributed by atoms with Crippen molar-refractivity contribution in [1.29, 1.82) is 0 Å². The number of thioether (sulfide) groups is 1. The number of rotatable bonds is 9. The Hall–Kier alpha value is -0.693. The van der Waals surface area contributed by atoms with Gasteiger partial charge in [0.05, 0.1) is 6.10 Å². The van der Waals surface area contributed by atoms with E-state index in [1.54, 1.807) is 11.8 Å². The largest absolute Gasteiger partial charge is 0.392 e. The first kappa shape index (κ1) is 20.4. The number of unbranched alkanes of at least 4 members (excludes halogenated alkanes) is 3. The molecule has 1 rings (SSSR count). The second-order valence-corrected chi connectivity index (χ2v) is 13.2. The van der Waals surface area contributed by atoms with E-state index in [4.69, 9.17) is 0 Å². The van der Waals surface area contributed by atoms with E-state index in [-0.39, 0.29) is 11.4 Å². The molecule has 3 heteroatoms. The van der Waals surface area contributed by atoms with Crippen molar-refractivity contribution in [2.45, 2.75) is 81.3 Å². The molecule has 0 aromatic heterocycles. The first-order valence-corrected chi connectivity index (χ1v) is 13.2. The van der Waals surface area contributed by atoms with E-state index in [1.165, 1.54) is 24.2 Å². The van der Waals surface area contributed by atoms with Crippen molar-refractivity contribution in [1.82, 2.24) is 0 Å².